The van der Waals surface area contributed by atoms with Crippen LogP contribution in [0.5, 0.6) is 0 Å². The molecular weight excluding hydrogens is 294 g/mol. The third kappa shape index (κ3) is 1.78. The van der Waals surface area contributed by atoms with Gasteiger partial charge in [-0.3, -0.25) is 0 Å². The largest absolute Gasteiger partial charge is 0.466 e. The molecule has 92 valence electrons. The molecule has 0 fully saturated rings. The molecule has 2 aromatic heterocycles. The van der Waals surface area contributed by atoms with Crippen molar-refractivity contribution in [1.29, 1.82) is 0 Å². The van der Waals surface area contributed by atoms with Gasteiger partial charge in [-0.15, -0.1) is 0 Å². The summed E-state index contributed by atoms with van der Waals surface area (Å²) in [5.74, 6) is 0.851. The van der Waals surface area contributed by atoms with Gasteiger partial charge < -0.3 is 14.2 Å². The zero-order valence-electron chi connectivity index (χ0n) is 9.81. The summed E-state index contributed by atoms with van der Waals surface area (Å²) in [6.07, 6.45) is 3.45. The van der Waals surface area contributed by atoms with Gasteiger partial charge >= 0.3 is 0 Å². The summed E-state index contributed by atoms with van der Waals surface area (Å²) in [6.45, 7) is 0. The van der Waals surface area contributed by atoms with Gasteiger partial charge in [-0.05, 0) is 35.1 Å². The van der Waals surface area contributed by atoms with Crippen molar-refractivity contribution < 1.29 is 8.83 Å². The molecule has 0 bridgehead atoms. The molecule has 3 rings (SSSR count). The van der Waals surface area contributed by atoms with Crippen LogP contribution in [-0.4, -0.2) is 7.05 Å². The van der Waals surface area contributed by atoms with Crippen LogP contribution in [0.2, 0.25) is 0 Å². The quantitative estimate of drug-likeness (QED) is 0.792. The Labute approximate surface area is 113 Å². The first-order valence-corrected chi connectivity index (χ1v) is 6.47. The second-order valence-electron chi connectivity index (χ2n) is 4.04. The average Bonchev–Trinajstić information content (AvgIpc) is 2.99. The van der Waals surface area contributed by atoms with Crippen LogP contribution in [0.3, 0.4) is 0 Å². The first-order valence-electron chi connectivity index (χ1n) is 5.67. The van der Waals surface area contributed by atoms with Crippen molar-refractivity contribution in [3.8, 4) is 0 Å². The zero-order chi connectivity index (χ0) is 12.5. The Kier molecular flexibility index (Phi) is 2.97. The molecule has 2 heterocycles. The van der Waals surface area contributed by atoms with Gasteiger partial charge in [-0.25, -0.2) is 0 Å². The molecule has 1 unspecified atom stereocenters. The molecule has 18 heavy (non-hydrogen) atoms. The highest BCUT2D eigenvalue weighted by atomic mass is 79.9. The maximum absolute atomic E-state index is 5.57. The normalized spacial score (nSPS) is 13.0. The van der Waals surface area contributed by atoms with E-state index in [2.05, 4.69) is 27.3 Å². The number of nitrogens with one attached hydrogen (secondary N) is 1. The molecule has 0 saturated heterocycles. The lowest BCUT2D eigenvalue weighted by Gasteiger charge is -2.12. The standard InChI is InChI=1S/C14H12BrNO2/c1-16-13(14-11(15)6-7-17-14)10-8-18-12-5-3-2-4-9(10)12/h2-8,13,16H,1H3. The lowest BCUT2D eigenvalue weighted by Crippen LogP contribution is -2.17. The van der Waals surface area contributed by atoms with Crippen LogP contribution in [0.4, 0.5) is 0 Å². The predicted octanol–water partition coefficient (Wildman–Crippen LogP) is 4.10. The van der Waals surface area contributed by atoms with Crippen molar-refractivity contribution >= 4 is 26.9 Å². The average molecular weight is 306 g/mol. The van der Waals surface area contributed by atoms with E-state index in [1.54, 1.807) is 12.5 Å². The number of halogens is 1. The van der Waals surface area contributed by atoms with Crippen molar-refractivity contribution in [2.75, 3.05) is 7.05 Å². The molecule has 0 saturated carbocycles. The minimum Gasteiger partial charge on any atom is -0.466 e. The van der Waals surface area contributed by atoms with Crippen LogP contribution in [0.15, 0.2) is 56.2 Å². The first-order chi connectivity index (χ1) is 8.81. The van der Waals surface area contributed by atoms with Crippen molar-refractivity contribution in [2.45, 2.75) is 6.04 Å². The number of fused-ring (bicyclic) bond motifs is 1. The van der Waals surface area contributed by atoms with E-state index < -0.39 is 0 Å². The summed E-state index contributed by atoms with van der Waals surface area (Å²) in [7, 11) is 1.90. The fourth-order valence-electron chi connectivity index (χ4n) is 2.16. The highest BCUT2D eigenvalue weighted by molar-refractivity contribution is 9.10. The van der Waals surface area contributed by atoms with Gasteiger partial charge in [0.1, 0.15) is 11.3 Å². The molecular formula is C14H12BrNO2. The van der Waals surface area contributed by atoms with Crippen molar-refractivity contribution in [2.24, 2.45) is 0 Å². The molecule has 0 aliphatic heterocycles. The number of hydrogen-bond donors (Lipinski definition) is 1. The van der Waals surface area contributed by atoms with Gasteiger partial charge in [-0.2, -0.15) is 0 Å². The molecule has 1 aromatic carbocycles. The second kappa shape index (κ2) is 4.63. The van der Waals surface area contributed by atoms with E-state index in [9.17, 15) is 0 Å². The number of rotatable bonds is 3. The predicted molar refractivity (Wildman–Crippen MR) is 73.5 cm³/mol. The number of para-hydroxylation sites is 1. The van der Waals surface area contributed by atoms with E-state index in [-0.39, 0.29) is 6.04 Å². The van der Waals surface area contributed by atoms with Gasteiger partial charge in [0.2, 0.25) is 0 Å². The summed E-state index contributed by atoms with van der Waals surface area (Å²) in [4.78, 5) is 0. The topological polar surface area (TPSA) is 38.3 Å². The third-order valence-corrected chi connectivity index (χ3v) is 3.67. The third-order valence-electron chi connectivity index (χ3n) is 3.02. The van der Waals surface area contributed by atoms with E-state index >= 15 is 0 Å². The van der Waals surface area contributed by atoms with Crippen molar-refractivity contribution in [3.05, 3.63) is 58.7 Å². The SMILES string of the molecule is CNC(c1occc1Br)c1coc2ccccc12. The molecule has 3 nitrogen and oxygen atoms in total. The fourth-order valence-corrected chi connectivity index (χ4v) is 2.59. The van der Waals surface area contributed by atoms with E-state index in [1.807, 2.05) is 31.3 Å². The van der Waals surface area contributed by atoms with Gasteiger partial charge in [-0.1, -0.05) is 18.2 Å². The van der Waals surface area contributed by atoms with Gasteiger partial charge in [0.15, 0.2) is 0 Å². The minimum absolute atomic E-state index is 0.0296. The summed E-state index contributed by atoms with van der Waals surface area (Å²) < 4.78 is 12.1. The molecule has 4 heteroatoms. The second-order valence-corrected chi connectivity index (χ2v) is 4.90. The monoisotopic (exact) mass is 305 g/mol. The lowest BCUT2D eigenvalue weighted by molar-refractivity contribution is 0.459. The Hall–Kier alpha value is -1.52. The maximum atomic E-state index is 5.57. The van der Waals surface area contributed by atoms with Gasteiger partial charge in [0.05, 0.1) is 23.0 Å². The Morgan fingerprint density at radius 1 is 1.17 bits per heavy atom. The summed E-state index contributed by atoms with van der Waals surface area (Å²) in [5, 5.41) is 4.35. The van der Waals surface area contributed by atoms with E-state index in [0.29, 0.717) is 0 Å². The van der Waals surface area contributed by atoms with E-state index in [0.717, 1.165) is 26.8 Å². The molecule has 0 radical (unpaired) electrons. The smallest absolute Gasteiger partial charge is 0.139 e. The Bertz CT molecular complexity index is 671. The van der Waals surface area contributed by atoms with Crippen molar-refractivity contribution in [3.63, 3.8) is 0 Å². The molecule has 0 aliphatic rings. The maximum Gasteiger partial charge on any atom is 0.139 e. The van der Waals surface area contributed by atoms with E-state index in [1.165, 1.54) is 0 Å². The number of furan rings is 2. The fraction of sp³-hybridized carbons (Fsp3) is 0.143. The Morgan fingerprint density at radius 3 is 2.72 bits per heavy atom. The molecule has 1 atom stereocenters. The summed E-state index contributed by atoms with van der Waals surface area (Å²) in [5.41, 5.74) is 1.96. The molecule has 0 amide bonds. The minimum atomic E-state index is -0.0296. The zero-order valence-corrected chi connectivity index (χ0v) is 11.4. The Morgan fingerprint density at radius 2 is 2.00 bits per heavy atom. The Balaban J connectivity index is 2.15. The van der Waals surface area contributed by atoms with Crippen LogP contribution >= 0.6 is 15.9 Å². The van der Waals surface area contributed by atoms with Crippen LogP contribution < -0.4 is 5.32 Å². The first kappa shape index (κ1) is 11.6. The van der Waals surface area contributed by atoms with Gasteiger partial charge in [0, 0.05) is 10.9 Å². The summed E-state index contributed by atoms with van der Waals surface area (Å²) >= 11 is 3.49. The number of benzene rings is 1. The van der Waals surface area contributed by atoms with Gasteiger partial charge in [0.25, 0.3) is 0 Å². The number of hydrogen-bond acceptors (Lipinski definition) is 3. The highest BCUT2D eigenvalue weighted by Crippen LogP contribution is 2.34. The molecule has 0 aliphatic carbocycles. The molecule has 0 spiro atoms. The van der Waals surface area contributed by atoms with Crippen LogP contribution in [0.25, 0.3) is 11.0 Å². The molecule has 1 N–H and O–H groups in total. The molecule has 3 aromatic rings. The van der Waals surface area contributed by atoms with E-state index in [4.69, 9.17) is 8.83 Å². The van der Waals surface area contributed by atoms with Crippen molar-refractivity contribution in [1.82, 2.24) is 5.32 Å². The lowest BCUT2D eigenvalue weighted by atomic mass is 10.0. The highest BCUT2D eigenvalue weighted by Gasteiger charge is 2.22. The summed E-state index contributed by atoms with van der Waals surface area (Å²) in [6, 6.07) is 9.84. The van der Waals surface area contributed by atoms with Crippen LogP contribution in [0, 0.1) is 0 Å². The van der Waals surface area contributed by atoms with Crippen LogP contribution in [-0.2, 0) is 0 Å². The van der Waals surface area contributed by atoms with Crippen LogP contribution in [0.1, 0.15) is 17.4 Å².